The molecule has 1 saturated heterocycles. The van der Waals surface area contributed by atoms with E-state index in [1.54, 1.807) is 7.11 Å². The lowest BCUT2D eigenvalue weighted by Crippen LogP contribution is -2.33. The molecule has 2 aliphatic heterocycles. The molecule has 7 heteroatoms. The van der Waals surface area contributed by atoms with Crippen LogP contribution in [0.2, 0.25) is 0 Å². The molecule has 1 aromatic heterocycles. The normalized spacial score (nSPS) is 15.7. The molecular weight excluding hydrogens is 512 g/mol. The molecule has 1 fully saturated rings. The third kappa shape index (κ3) is 5.28. The van der Waals surface area contributed by atoms with Gasteiger partial charge in [0, 0.05) is 46.9 Å². The van der Waals surface area contributed by atoms with Crippen LogP contribution in [0.4, 0.5) is 5.69 Å². The highest BCUT2D eigenvalue weighted by Crippen LogP contribution is 2.40. The number of fused-ring (bicyclic) bond motifs is 1. The van der Waals surface area contributed by atoms with Crippen molar-refractivity contribution in [2.24, 2.45) is 0 Å². The molecular formula is C34H34N4O3. The maximum Gasteiger partial charge on any atom is 0.256 e. The number of ether oxygens (including phenoxy) is 1. The van der Waals surface area contributed by atoms with E-state index >= 15 is 0 Å². The number of benzene rings is 3. The molecule has 0 unspecified atom stereocenters. The molecule has 41 heavy (non-hydrogen) atoms. The number of amides is 2. The van der Waals surface area contributed by atoms with Crippen molar-refractivity contribution >= 4 is 29.2 Å². The quantitative estimate of drug-likeness (QED) is 0.237. The molecule has 0 saturated carbocycles. The fraction of sp³-hybridized carbons (Fsp3) is 0.235. The van der Waals surface area contributed by atoms with Gasteiger partial charge in [0.05, 0.1) is 18.2 Å². The van der Waals surface area contributed by atoms with E-state index in [0.717, 1.165) is 70.3 Å². The highest BCUT2D eigenvalue weighted by Gasteiger charge is 2.28. The Hall–Kier alpha value is -4.62. The van der Waals surface area contributed by atoms with Gasteiger partial charge in [-0.1, -0.05) is 60.7 Å². The molecule has 3 N–H and O–H groups in total. The molecule has 3 aromatic carbocycles. The Balaban J connectivity index is 1.36. The number of aromatic nitrogens is 1. The molecule has 0 aliphatic carbocycles. The van der Waals surface area contributed by atoms with Gasteiger partial charge in [-0.2, -0.15) is 0 Å². The molecule has 2 amide bonds. The van der Waals surface area contributed by atoms with Crippen molar-refractivity contribution in [2.45, 2.75) is 19.8 Å². The highest BCUT2D eigenvalue weighted by molar-refractivity contribution is 6.35. The van der Waals surface area contributed by atoms with E-state index in [1.165, 1.54) is 12.8 Å². The van der Waals surface area contributed by atoms with Gasteiger partial charge in [-0.15, -0.1) is 0 Å². The average Bonchev–Trinajstić information content (AvgIpc) is 3.71. The predicted octanol–water partition coefficient (Wildman–Crippen LogP) is 5.98. The van der Waals surface area contributed by atoms with Crippen molar-refractivity contribution < 1.29 is 14.3 Å². The van der Waals surface area contributed by atoms with Gasteiger partial charge in [-0.3, -0.25) is 9.59 Å². The van der Waals surface area contributed by atoms with Gasteiger partial charge in [0.25, 0.3) is 11.8 Å². The molecule has 6 rings (SSSR count). The summed E-state index contributed by atoms with van der Waals surface area (Å²) in [6.45, 7) is 5.54. The molecule has 208 valence electrons. The van der Waals surface area contributed by atoms with E-state index in [1.807, 2.05) is 85.8 Å². The maximum absolute atomic E-state index is 13.5. The van der Waals surface area contributed by atoms with Gasteiger partial charge in [0.1, 0.15) is 5.75 Å². The Bertz CT molecular complexity index is 1630. The Morgan fingerprint density at radius 2 is 1.73 bits per heavy atom. The van der Waals surface area contributed by atoms with Gasteiger partial charge >= 0.3 is 0 Å². The van der Waals surface area contributed by atoms with Crippen LogP contribution in [-0.2, 0) is 4.79 Å². The molecule has 0 bridgehead atoms. The van der Waals surface area contributed by atoms with Gasteiger partial charge in [-0.05, 0) is 62.2 Å². The van der Waals surface area contributed by atoms with Crippen molar-refractivity contribution in [3.63, 3.8) is 0 Å². The lowest BCUT2D eigenvalue weighted by Gasteiger charge is -2.15. The SMILES string of the molecule is COc1ccccc1-c1ccc2c(c1)NC(=O)/C2=C\c1[nH]c(C)c(C(=O)NCCN2CCCC2)c1-c1ccccc1. The summed E-state index contributed by atoms with van der Waals surface area (Å²) in [7, 11) is 1.65. The Labute approximate surface area is 240 Å². The molecule has 2 aliphatic rings. The zero-order chi connectivity index (χ0) is 28.3. The predicted molar refractivity (Wildman–Crippen MR) is 164 cm³/mol. The number of para-hydroxylation sites is 1. The van der Waals surface area contributed by atoms with Crippen LogP contribution in [0.1, 0.15) is 40.2 Å². The van der Waals surface area contributed by atoms with Crippen LogP contribution in [-0.4, -0.2) is 55.0 Å². The lowest BCUT2D eigenvalue weighted by atomic mass is 9.96. The number of rotatable bonds is 8. The second-order valence-electron chi connectivity index (χ2n) is 10.6. The van der Waals surface area contributed by atoms with E-state index in [9.17, 15) is 9.59 Å². The number of aromatic amines is 1. The third-order valence-corrected chi connectivity index (χ3v) is 7.93. The third-order valence-electron chi connectivity index (χ3n) is 7.93. The highest BCUT2D eigenvalue weighted by atomic mass is 16.5. The number of hydrogen-bond acceptors (Lipinski definition) is 4. The van der Waals surface area contributed by atoms with Crippen molar-refractivity contribution in [2.75, 3.05) is 38.6 Å². The summed E-state index contributed by atoms with van der Waals surface area (Å²) in [6.07, 6.45) is 4.30. The number of carbonyl (C=O) groups excluding carboxylic acids is 2. The largest absolute Gasteiger partial charge is 0.496 e. The smallest absolute Gasteiger partial charge is 0.256 e. The minimum absolute atomic E-state index is 0.112. The number of H-pyrrole nitrogens is 1. The Kier molecular flexibility index (Phi) is 7.44. The fourth-order valence-electron chi connectivity index (χ4n) is 5.90. The van der Waals surface area contributed by atoms with Crippen molar-refractivity contribution in [3.05, 3.63) is 95.3 Å². The van der Waals surface area contributed by atoms with Crippen LogP contribution < -0.4 is 15.4 Å². The second kappa shape index (κ2) is 11.5. The maximum atomic E-state index is 13.5. The van der Waals surface area contributed by atoms with E-state index in [-0.39, 0.29) is 11.8 Å². The minimum Gasteiger partial charge on any atom is -0.496 e. The molecule has 0 radical (unpaired) electrons. The van der Waals surface area contributed by atoms with Crippen molar-refractivity contribution in [1.82, 2.24) is 15.2 Å². The summed E-state index contributed by atoms with van der Waals surface area (Å²) >= 11 is 0. The number of anilines is 1. The summed E-state index contributed by atoms with van der Waals surface area (Å²) in [5.41, 5.74) is 7.82. The number of aryl methyl sites for hydroxylation is 1. The van der Waals surface area contributed by atoms with E-state index in [4.69, 9.17) is 4.74 Å². The summed E-state index contributed by atoms with van der Waals surface area (Å²) in [5.74, 6) is 0.479. The number of methoxy groups -OCH3 is 1. The Morgan fingerprint density at radius 3 is 2.51 bits per heavy atom. The first-order valence-electron chi connectivity index (χ1n) is 14.1. The first-order valence-corrected chi connectivity index (χ1v) is 14.1. The van der Waals surface area contributed by atoms with Gasteiger partial charge in [-0.25, -0.2) is 0 Å². The summed E-state index contributed by atoms with van der Waals surface area (Å²) < 4.78 is 5.54. The minimum atomic E-state index is -0.181. The molecule has 0 spiro atoms. The van der Waals surface area contributed by atoms with Gasteiger partial charge < -0.3 is 25.3 Å². The van der Waals surface area contributed by atoms with Crippen LogP contribution >= 0.6 is 0 Å². The summed E-state index contributed by atoms with van der Waals surface area (Å²) in [6, 6.07) is 23.6. The van der Waals surface area contributed by atoms with Crippen LogP contribution in [0.25, 0.3) is 33.9 Å². The zero-order valence-electron chi connectivity index (χ0n) is 23.4. The van der Waals surface area contributed by atoms with Gasteiger partial charge in [0.15, 0.2) is 0 Å². The van der Waals surface area contributed by atoms with Crippen molar-refractivity contribution in [3.8, 4) is 28.0 Å². The Morgan fingerprint density at radius 1 is 0.976 bits per heavy atom. The van der Waals surface area contributed by atoms with Crippen molar-refractivity contribution in [1.29, 1.82) is 0 Å². The van der Waals surface area contributed by atoms with Crippen LogP contribution in [0.3, 0.4) is 0 Å². The van der Waals surface area contributed by atoms with Gasteiger partial charge in [0.2, 0.25) is 0 Å². The summed E-state index contributed by atoms with van der Waals surface area (Å²) in [4.78, 5) is 32.5. The lowest BCUT2D eigenvalue weighted by molar-refractivity contribution is -0.110. The number of nitrogens with zero attached hydrogens (tertiary/aromatic N) is 1. The van der Waals surface area contributed by atoms with Crippen LogP contribution in [0.5, 0.6) is 5.75 Å². The summed E-state index contributed by atoms with van der Waals surface area (Å²) in [5, 5.41) is 6.16. The van der Waals surface area contributed by atoms with E-state index in [2.05, 4.69) is 20.5 Å². The fourth-order valence-corrected chi connectivity index (χ4v) is 5.90. The second-order valence-corrected chi connectivity index (χ2v) is 10.6. The topological polar surface area (TPSA) is 86.5 Å². The number of hydrogen-bond donors (Lipinski definition) is 3. The molecule has 4 aromatic rings. The number of carbonyl (C=O) groups is 2. The monoisotopic (exact) mass is 546 g/mol. The first-order chi connectivity index (χ1) is 20.0. The number of nitrogens with one attached hydrogen (secondary N) is 3. The zero-order valence-corrected chi connectivity index (χ0v) is 23.4. The first kappa shape index (κ1) is 26.6. The molecule has 0 atom stereocenters. The number of likely N-dealkylation sites (tertiary alicyclic amines) is 1. The van der Waals surface area contributed by atoms with Crippen LogP contribution in [0, 0.1) is 6.92 Å². The standard InChI is InChI=1S/C34H34N4O3/c1-22-31(34(40)35-16-19-38-17-8-9-18-38)32(23-10-4-3-5-11-23)29(36-22)21-27-26-15-14-24(20-28(26)37-33(27)39)25-12-6-7-13-30(25)41-2/h3-7,10-15,20-21,36H,8-9,16-19H2,1-2H3,(H,35,40)(H,37,39)/b27-21-. The van der Waals surface area contributed by atoms with E-state index < -0.39 is 0 Å². The van der Waals surface area contributed by atoms with E-state index in [0.29, 0.717) is 17.7 Å². The molecule has 7 nitrogen and oxygen atoms in total. The van der Waals surface area contributed by atoms with Crippen LogP contribution in [0.15, 0.2) is 72.8 Å². The average molecular weight is 547 g/mol. The molecule has 3 heterocycles.